The normalized spacial score (nSPS) is 29.5. The van der Waals surface area contributed by atoms with Crippen LogP contribution in [0.15, 0.2) is 18.2 Å². The highest BCUT2D eigenvalue weighted by Crippen LogP contribution is 2.34. The van der Waals surface area contributed by atoms with Crippen LogP contribution in [0.4, 0.5) is 0 Å². The SMILES string of the molecule is C[C@@](ON)(C(=O)O)[C@H]1CCc2cc(C(=N)N[C@H]3C[C@](C)(N)C3)ccc2O1. The van der Waals surface area contributed by atoms with E-state index in [-0.39, 0.29) is 11.6 Å². The van der Waals surface area contributed by atoms with Gasteiger partial charge in [0.2, 0.25) is 5.60 Å². The molecule has 142 valence electrons. The number of nitrogens with one attached hydrogen (secondary N) is 2. The van der Waals surface area contributed by atoms with Crippen LogP contribution >= 0.6 is 0 Å². The first-order valence-electron chi connectivity index (χ1n) is 8.70. The third-order valence-corrected chi connectivity index (χ3v) is 5.35. The van der Waals surface area contributed by atoms with Crippen molar-refractivity contribution in [1.82, 2.24) is 5.32 Å². The van der Waals surface area contributed by atoms with Crippen LogP contribution in [0, 0.1) is 5.41 Å². The van der Waals surface area contributed by atoms with E-state index in [1.54, 1.807) is 12.1 Å². The molecule has 8 heteroatoms. The second-order valence-electron chi connectivity index (χ2n) is 7.78. The first-order valence-corrected chi connectivity index (χ1v) is 8.70. The Hall–Kier alpha value is -2.16. The largest absolute Gasteiger partial charge is 0.486 e. The molecule has 7 N–H and O–H groups in total. The molecule has 1 heterocycles. The number of aryl methyl sites for hydroxylation is 1. The number of fused-ring (bicyclic) bond motifs is 1. The molecule has 2 atom stereocenters. The fourth-order valence-electron chi connectivity index (χ4n) is 3.65. The molecule has 0 unspecified atom stereocenters. The predicted molar refractivity (Wildman–Crippen MR) is 96.1 cm³/mol. The first kappa shape index (κ1) is 18.6. The molecule has 0 radical (unpaired) electrons. The fraction of sp³-hybridized carbons (Fsp3) is 0.556. The molecule has 1 aliphatic carbocycles. The van der Waals surface area contributed by atoms with Gasteiger partial charge in [0.1, 0.15) is 17.7 Å². The minimum Gasteiger partial charge on any atom is -0.486 e. The highest BCUT2D eigenvalue weighted by atomic mass is 16.7. The lowest BCUT2D eigenvalue weighted by atomic mass is 9.75. The van der Waals surface area contributed by atoms with Crippen LogP contribution in [0.2, 0.25) is 0 Å². The van der Waals surface area contributed by atoms with Crippen LogP contribution < -0.4 is 21.7 Å². The van der Waals surface area contributed by atoms with E-state index in [0.717, 1.165) is 24.0 Å². The lowest BCUT2D eigenvalue weighted by Gasteiger charge is -2.43. The van der Waals surface area contributed by atoms with E-state index in [4.69, 9.17) is 26.6 Å². The lowest BCUT2D eigenvalue weighted by molar-refractivity contribution is -0.179. The summed E-state index contributed by atoms with van der Waals surface area (Å²) in [7, 11) is 0. The number of carboxylic acids is 1. The van der Waals surface area contributed by atoms with Crippen molar-refractivity contribution in [3.05, 3.63) is 29.3 Å². The van der Waals surface area contributed by atoms with Crippen molar-refractivity contribution in [3.63, 3.8) is 0 Å². The van der Waals surface area contributed by atoms with Gasteiger partial charge in [0.15, 0.2) is 0 Å². The molecule has 0 saturated heterocycles. The van der Waals surface area contributed by atoms with Gasteiger partial charge in [-0.1, -0.05) is 0 Å². The number of aliphatic carboxylic acids is 1. The maximum Gasteiger partial charge on any atom is 0.341 e. The minimum atomic E-state index is -1.61. The summed E-state index contributed by atoms with van der Waals surface area (Å²) in [5.41, 5.74) is 5.97. The number of carboxylic acid groups (broad SMARTS) is 1. The number of rotatable bonds is 5. The molecule has 8 nitrogen and oxygen atoms in total. The average Bonchev–Trinajstić information content (AvgIpc) is 2.58. The molecule has 1 aliphatic heterocycles. The Morgan fingerprint density at radius 1 is 1.50 bits per heavy atom. The van der Waals surface area contributed by atoms with Crippen LogP contribution in [-0.2, 0) is 16.1 Å². The quantitative estimate of drug-likeness (QED) is 0.297. The standard InChI is InChI=1S/C18H26N4O4/c1-17(20)8-12(9-17)22-15(19)11-3-5-13-10(7-11)4-6-14(25-13)18(2,26-21)16(23)24/h3,5,7,12,14H,4,6,8-9,20-21H2,1-2H3,(H2,19,22)(H,23,24)/t12-,14-,17-,18+/m1/s1. The van der Waals surface area contributed by atoms with Crippen molar-refractivity contribution in [2.75, 3.05) is 0 Å². The van der Waals surface area contributed by atoms with E-state index >= 15 is 0 Å². The van der Waals surface area contributed by atoms with Gasteiger partial charge in [0.25, 0.3) is 0 Å². The number of hydrogen-bond donors (Lipinski definition) is 5. The van der Waals surface area contributed by atoms with Crippen LogP contribution in [-0.4, -0.2) is 40.2 Å². The number of ether oxygens (including phenoxy) is 1. The van der Waals surface area contributed by atoms with E-state index in [2.05, 4.69) is 5.32 Å². The Labute approximate surface area is 152 Å². The van der Waals surface area contributed by atoms with E-state index in [1.165, 1.54) is 6.92 Å². The van der Waals surface area contributed by atoms with Gasteiger partial charge in [-0.3, -0.25) is 10.2 Å². The van der Waals surface area contributed by atoms with Crippen LogP contribution in [0.3, 0.4) is 0 Å². The smallest absolute Gasteiger partial charge is 0.341 e. The van der Waals surface area contributed by atoms with E-state index in [9.17, 15) is 9.90 Å². The summed E-state index contributed by atoms with van der Waals surface area (Å²) in [6.45, 7) is 3.42. The van der Waals surface area contributed by atoms with Crippen LogP contribution in [0.5, 0.6) is 5.75 Å². The summed E-state index contributed by atoms with van der Waals surface area (Å²) >= 11 is 0. The van der Waals surface area contributed by atoms with Gasteiger partial charge in [-0.2, -0.15) is 0 Å². The second-order valence-corrected chi connectivity index (χ2v) is 7.78. The number of hydrogen-bond acceptors (Lipinski definition) is 6. The summed E-state index contributed by atoms with van der Waals surface area (Å²) in [5.74, 6) is 4.99. The monoisotopic (exact) mass is 362 g/mol. The van der Waals surface area contributed by atoms with Crippen molar-refractivity contribution in [2.24, 2.45) is 11.6 Å². The molecule has 1 saturated carbocycles. The minimum absolute atomic E-state index is 0.140. The topological polar surface area (TPSA) is 144 Å². The second kappa shape index (κ2) is 6.53. The maximum atomic E-state index is 11.5. The fourth-order valence-corrected chi connectivity index (χ4v) is 3.65. The highest BCUT2D eigenvalue weighted by Gasteiger charge is 2.46. The molecular formula is C18H26N4O4. The zero-order chi connectivity index (χ0) is 19.1. The van der Waals surface area contributed by atoms with Gasteiger partial charge in [0, 0.05) is 17.1 Å². The van der Waals surface area contributed by atoms with Crippen molar-refractivity contribution in [1.29, 1.82) is 5.41 Å². The average molecular weight is 362 g/mol. The summed E-state index contributed by atoms with van der Waals surface area (Å²) < 4.78 is 5.83. The van der Waals surface area contributed by atoms with Crippen LogP contribution in [0.1, 0.15) is 44.2 Å². The van der Waals surface area contributed by atoms with Crippen molar-refractivity contribution in [3.8, 4) is 5.75 Å². The summed E-state index contributed by atoms with van der Waals surface area (Å²) in [4.78, 5) is 16.2. The van der Waals surface area contributed by atoms with Crippen molar-refractivity contribution >= 4 is 11.8 Å². The summed E-state index contributed by atoms with van der Waals surface area (Å²) in [5, 5.41) is 20.8. The Morgan fingerprint density at radius 3 is 2.77 bits per heavy atom. The Balaban J connectivity index is 1.69. The van der Waals surface area contributed by atoms with Crippen molar-refractivity contribution < 1.29 is 19.5 Å². The van der Waals surface area contributed by atoms with Gasteiger partial charge in [-0.25, -0.2) is 10.7 Å². The Morgan fingerprint density at radius 2 is 2.19 bits per heavy atom. The zero-order valence-corrected chi connectivity index (χ0v) is 15.0. The third kappa shape index (κ3) is 3.40. The number of amidine groups is 1. The van der Waals surface area contributed by atoms with E-state index < -0.39 is 17.7 Å². The molecule has 2 aliphatic rings. The molecule has 0 bridgehead atoms. The van der Waals surface area contributed by atoms with Gasteiger partial charge >= 0.3 is 5.97 Å². The van der Waals surface area contributed by atoms with Gasteiger partial charge in [0.05, 0.1) is 0 Å². The molecule has 0 spiro atoms. The molecule has 26 heavy (non-hydrogen) atoms. The number of carbonyl (C=O) groups is 1. The van der Waals surface area contributed by atoms with Crippen molar-refractivity contribution in [2.45, 2.75) is 62.8 Å². The number of benzene rings is 1. The molecule has 0 aromatic heterocycles. The van der Waals surface area contributed by atoms with E-state index in [0.29, 0.717) is 24.4 Å². The Kier molecular flexibility index (Phi) is 4.68. The molecular weight excluding hydrogens is 336 g/mol. The summed E-state index contributed by atoms with van der Waals surface area (Å²) in [6, 6.07) is 5.69. The lowest BCUT2D eigenvalue weighted by Crippen LogP contribution is -2.58. The van der Waals surface area contributed by atoms with E-state index in [1.807, 2.05) is 13.0 Å². The molecule has 1 aromatic carbocycles. The summed E-state index contributed by atoms with van der Waals surface area (Å²) in [6.07, 6.45) is 2.09. The van der Waals surface area contributed by atoms with Crippen LogP contribution in [0.25, 0.3) is 0 Å². The predicted octanol–water partition coefficient (Wildman–Crippen LogP) is 0.909. The molecule has 1 aromatic rings. The molecule has 1 fully saturated rings. The molecule has 0 amide bonds. The Bertz CT molecular complexity index is 728. The van der Waals surface area contributed by atoms with Gasteiger partial charge in [-0.05, 0) is 63.3 Å². The zero-order valence-electron chi connectivity index (χ0n) is 15.0. The van der Waals surface area contributed by atoms with Gasteiger partial charge in [-0.15, -0.1) is 0 Å². The number of nitrogens with two attached hydrogens (primary N) is 2. The maximum absolute atomic E-state index is 11.5. The van der Waals surface area contributed by atoms with Gasteiger partial charge < -0.3 is 20.9 Å². The first-order chi connectivity index (χ1) is 12.1. The third-order valence-electron chi connectivity index (χ3n) is 5.35. The highest BCUT2D eigenvalue weighted by molar-refractivity contribution is 5.97. The molecule has 3 rings (SSSR count).